The largest absolute Gasteiger partial charge is 0.103 e. The summed E-state index contributed by atoms with van der Waals surface area (Å²) in [5.74, 6) is 7.81. The number of rotatable bonds is 8. The highest BCUT2D eigenvalue weighted by molar-refractivity contribution is 5.09. The predicted molar refractivity (Wildman–Crippen MR) is 74.2 cm³/mol. The van der Waals surface area contributed by atoms with Crippen LogP contribution in [-0.2, 0) is 0 Å². The summed E-state index contributed by atoms with van der Waals surface area (Å²) in [6, 6.07) is 0. The van der Waals surface area contributed by atoms with E-state index >= 15 is 0 Å². The van der Waals surface area contributed by atoms with Crippen LogP contribution in [0.1, 0.15) is 52.4 Å². The van der Waals surface area contributed by atoms with E-state index in [9.17, 15) is 0 Å². The topological polar surface area (TPSA) is 0 Å². The Bertz CT molecular complexity index is 238. The van der Waals surface area contributed by atoms with E-state index in [0.29, 0.717) is 5.92 Å². The first-order valence-electron chi connectivity index (χ1n) is 6.50. The fourth-order valence-electron chi connectivity index (χ4n) is 1.97. The highest BCUT2D eigenvalue weighted by Gasteiger charge is 2.15. The molecule has 0 aromatic rings. The fraction of sp³-hybridized carbons (Fsp3) is 0.625. The van der Waals surface area contributed by atoms with Gasteiger partial charge in [0.2, 0.25) is 0 Å². The highest BCUT2D eigenvalue weighted by Crippen LogP contribution is 2.24. The van der Waals surface area contributed by atoms with Gasteiger partial charge in [0.1, 0.15) is 0 Å². The van der Waals surface area contributed by atoms with Crippen molar-refractivity contribution in [1.82, 2.24) is 0 Å². The van der Waals surface area contributed by atoms with Crippen molar-refractivity contribution in [3.8, 4) is 11.8 Å². The van der Waals surface area contributed by atoms with Crippen molar-refractivity contribution in [3.05, 3.63) is 25.3 Å². The maximum atomic E-state index is 3.84. The molecule has 2 unspecified atom stereocenters. The molecule has 0 heterocycles. The van der Waals surface area contributed by atoms with E-state index in [0.717, 1.165) is 18.8 Å². The molecule has 90 valence electrons. The quantitative estimate of drug-likeness (QED) is 0.398. The third-order valence-electron chi connectivity index (χ3n) is 2.98. The molecule has 0 bridgehead atoms. The van der Waals surface area contributed by atoms with Crippen LogP contribution in [0.25, 0.3) is 0 Å². The van der Waals surface area contributed by atoms with Crippen LogP contribution in [-0.4, -0.2) is 0 Å². The number of hydrogen-bond acceptors (Lipinski definition) is 0. The van der Waals surface area contributed by atoms with Crippen LogP contribution in [0.3, 0.4) is 0 Å². The second kappa shape index (κ2) is 10.6. The molecule has 0 N–H and O–H groups in total. The van der Waals surface area contributed by atoms with Crippen LogP contribution in [0, 0.1) is 23.7 Å². The monoisotopic (exact) mass is 218 g/mol. The molecule has 0 spiro atoms. The van der Waals surface area contributed by atoms with Crippen molar-refractivity contribution in [3.63, 3.8) is 0 Å². The Hall–Kier alpha value is -0.960. The van der Waals surface area contributed by atoms with Crippen molar-refractivity contribution in [2.45, 2.75) is 52.4 Å². The molecule has 2 atom stereocenters. The van der Waals surface area contributed by atoms with Crippen molar-refractivity contribution in [2.24, 2.45) is 11.8 Å². The molecule has 0 aromatic carbocycles. The van der Waals surface area contributed by atoms with Crippen molar-refractivity contribution >= 4 is 0 Å². The van der Waals surface area contributed by atoms with Crippen LogP contribution in [0.15, 0.2) is 25.3 Å². The van der Waals surface area contributed by atoms with E-state index in [1.807, 2.05) is 12.2 Å². The Kier molecular flexibility index (Phi) is 9.92. The molecule has 0 nitrogen and oxygen atoms in total. The van der Waals surface area contributed by atoms with Gasteiger partial charge in [-0.3, -0.25) is 0 Å². The molecular weight excluding hydrogens is 192 g/mol. The average molecular weight is 218 g/mol. The number of allylic oxidation sites excluding steroid dienone is 2. The third kappa shape index (κ3) is 6.51. The van der Waals surface area contributed by atoms with Crippen molar-refractivity contribution < 1.29 is 0 Å². The highest BCUT2D eigenvalue weighted by atomic mass is 14.2. The van der Waals surface area contributed by atoms with Crippen molar-refractivity contribution in [1.29, 1.82) is 0 Å². The zero-order valence-electron chi connectivity index (χ0n) is 11.0. The Labute approximate surface area is 102 Å². The second-order valence-electron chi connectivity index (χ2n) is 4.26. The number of hydrogen-bond donors (Lipinski definition) is 0. The Balaban J connectivity index is 4.39. The van der Waals surface area contributed by atoms with Gasteiger partial charge in [0.05, 0.1) is 0 Å². The van der Waals surface area contributed by atoms with E-state index in [2.05, 4.69) is 38.8 Å². The first kappa shape index (κ1) is 15.0. The summed E-state index contributed by atoms with van der Waals surface area (Å²) in [4.78, 5) is 0. The number of unbranched alkanes of at least 4 members (excludes halogenated alkanes) is 1. The Morgan fingerprint density at radius 2 is 1.94 bits per heavy atom. The maximum Gasteiger partial charge on any atom is 0.0267 e. The minimum Gasteiger partial charge on any atom is -0.103 e. The van der Waals surface area contributed by atoms with Gasteiger partial charge in [-0.25, -0.2) is 0 Å². The molecule has 0 saturated carbocycles. The van der Waals surface area contributed by atoms with E-state index in [1.54, 1.807) is 0 Å². The Morgan fingerprint density at radius 3 is 2.44 bits per heavy atom. The molecule has 0 rings (SSSR count). The lowest BCUT2D eigenvalue weighted by molar-refractivity contribution is 0.359. The summed E-state index contributed by atoms with van der Waals surface area (Å²) in [6.45, 7) is 12.1. The van der Waals surface area contributed by atoms with Gasteiger partial charge < -0.3 is 0 Å². The normalized spacial score (nSPS) is 13.4. The summed E-state index contributed by atoms with van der Waals surface area (Å²) in [7, 11) is 0. The minimum absolute atomic E-state index is 0.494. The van der Waals surface area contributed by atoms with E-state index in [4.69, 9.17) is 0 Å². The van der Waals surface area contributed by atoms with E-state index in [-0.39, 0.29) is 0 Å². The zero-order chi connectivity index (χ0) is 12.2. The SMILES string of the molecule is C=CCC#CC(CC=C)C(CC)CCCC. The summed E-state index contributed by atoms with van der Waals surface area (Å²) < 4.78 is 0. The molecule has 0 aliphatic rings. The van der Waals surface area contributed by atoms with E-state index in [1.165, 1.54) is 25.7 Å². The molecule has 0 heteroatoms. The van der Waals surface area contributed by atoms with Gasteiger partial charge in [-0.15, -0.1) is 13.2 Å². The lowest BCUT2D eigenvalue weighted by atomic mass is 9.84. The average Bonchev–Trinajstić information content (AvgIpc) is 2.30. The van der Waals surface area contributed by atoms with Crippen LogP contribution in [0.2, 0.25) is 0 Å². The second-order valence-corrected chi connectivity index (χ2v) is 4.26. The van der Waals surface area contributed by atoms with Gasteiger partial charge in [-0.1, -0.05) is 57.1 Å². The minimum atomic E-state index is 0.494. The van der Waals surface area contributed by atoms with Gasteiger partial charge >= 0.3 is 0 Å². The molecule has 16 heavy (non-hydrogen) atoms. The first-order chi connectivity index (χ1) is 7.79. The van der Waals surface area contributed by atoms with E-state index < -0.39 is 0 Å². The van der Waals surface area contributed by atoms with Gasteiger partial charge in [-0.2, -0.15) is 0 Å². The predicted octanol–water partition coefficient (Wildman–Crippen LogP) is 4.97. The third-order valence-corrected chi connectivity index (χ3v) is 2.98. The smallest absolute Gasteiger partial charge is 0.0267 e. The van der Waals surface area contributed by atoms with Crippen LogP contribution >= 0.6 is 0 Å². The van der Waals surface area contributed by atoms with Gasteiger partial charge in [0.15, 0.2) is 0 Å². The molecule has 0 saturated heterocycles. The lowest BCUT2D eigenvalue weighted by Crippen LogP contribution is -2.12. The first-order valence-corrected chi connectivity index (χ1v) is 6.50. The molecular formula is C16H26. The summed E-state index contributed by atoms with van der Waals surface area (Å²) >= 11 is 0. The zero-order valence-corrected chi connectivity index (χ0v) is 11.0. The van der Waals surface area contributed by atoms with Crippen LogP contribution < -0.4 is 0 Å². The van der Waals surface area contributed by atoms with Crippen LogP contribution in [0.4, 0.5) is 0 Å². The molecule has 0 amide bonds. The molecule has 0 aliphatic carbocycles. The van der Waals surface area contributed by atoms with Gasteiger partial charge in [-0.05, 0) is 18.8 Å². The molecule has 0 aromatic heterocycles. The molecule has 0 aliphatic heterocycles. The van der Waals surface area contributed by atoms with Crippen LogP contribution in [0.5, 0.6) is 0 Å². The summed E-state index contributed by atoms with van der Waals surface area (Å²) in [5.41, 5.74) is 0. The molecule has 0 fully saturated rings. The fourth-order valence-corrected chi connectivity index (χ4v) is 1.97. The van der Waals surface area contributed by atoms with Gasteiger partial charge in [0.25, 0.3) is 0 Å². The lowest BCUT2D eigenvalue weighted by Gasteiger charge is -2.20. The summed E-state index contributed by atoms with van der Waals surface area (Å²) in [6.07, 6.45) is 10.8. The van der Waals surface area contributed by atoms with Gasteiger partial charge in [0, 0.05) is 12.3 Å². The Morgan fingerprint density at radius 1 is 1.19 bits per heavy atom. The molecule has 0 radical (unpaired) electrons. The van der Waals surface area contributed by atoms with Crippen molar-refractivity contribution in [2.75, 3.05) is 0 Å². The standard InChI is InChI=1S/C16H26/c1-5-9-11-14-16(12-7-3)15(8-4)13-10-6-2/h5,7,15-16H,1,3,6,8-10,12-13H2,2,4H3. The maximum absolute atomic E-state index is 3.84. The summed E-state index contributed by atoms with van der Waals surface area (Å²) in [5, 5.41) is 0.